The van der Waals surface area contributed by atoms with Gasteiger partial charge in [0.25, 0.3) is 6.33 Å². The summed E-state index contributed by atoms with van der Waals surface area (Å²) in [4.78, 5) is 3.69. The molecule has 0 fully saturated rings. The normalized spacial score (nSPS) is 10.3. The van der Waals surface area contributed by atoms with E-state index >= 15 is 0 Å². The number of nitrogens with zero attached hydrogens (tertiary/aromatic N) is 2. The fourth-order valence-corrected chi connectivity index (χ4v) is 1.12. The van der Waals surface area contributed by atoms with Gasteiger partial charge < -0.3 is 10.3 Å². The standard InChI is InChI=1S/C8H6N2O2/c11-7-3-1-2-6-4-9-5-10(12)8(6)7/h1-5,11H. The minimum absolute atomic E-state index is 0.0232. The van der Waals surface area contributed by atoms with Gasteiger partial charge in [0, 0.05) is 0 Å². The molecule has 1 N–H and O–H groups in total. The Labute approximate surface area is 68.3 Å². The van der Waals surface area contributed by atoms with Crippen molar-refractivity contribution in [2.75, 3.05) is 0 Å². The average molecular weight is 162 g/mol. The third-order valence-corrected chi connectivity index (χ3v) is 1.65. The Morgan fingerprint density at radius 1 is 1.42 bits per heavy atom. The summed E-state index contributed by atoms with van der Waals surface area (Å²) in [6, 6.07) is 4.85. The van der Waals surface area contributed by atoms with Gasteiger partial charge in [-0.05, 0) is 12.1 Å². The first kappa shape index (κ1) is 6.84. The largest absolute Gasteiger partial charge is 0.710 e. The number of hydrogen-bond acceptors (Lipinski definition) is 3. The average Bonchev–Trinajstić information content (AvgIpc) is 2.04. The van der Waals surface area contributed by atoms with Gasteiger partial charge in [-0.2, -0.15) is 0 Å². The minimum atomic E-state index is -0.0232. The number of hydrogen-bond donors (Lipinski definition) is 1. The van der Waals surface area contributed by atoms with Crippen molar-refractivity contribution in [3.05, 3.63) is 35.9 Å². The zero-order chi connectivity index (χ0) is 8.55. The summed E-state index contributed by atoms with van der Waals surface area (Å²) in [6.07, 6.45) is 2.64. The molecular formula is C8H6N2O2. The predicted molar refractivity (Wildman–Crippen MR) is 42.4 cm³/mol. The lowest BCUT2D eigenvalue weighted by Crippen LogP contribution is -2.26. The van der Waals surface area contributed by atoms with Gasteiger partial charge in [0.05, 0.1) is 5.39 Å². The third-order valence-electron chi connectivity index (χ3n) is 1.65. The minimum Gasteiger partial charge on any atom is -0.710 e. The van der Waals surface area contributed by atoms with Crippen LogP contribution in [0.3, 0.4) is 0 Å². The maximum atomic E-state index is 11.1. The van der Waals surface area contributed by atoms with Crippen molar-refractivity contribution in [3.8, 4) is 5.75 Å². The number of benzene rings is 1. The Morgan fingerprint density at radius 2 is 2.25 bits per heavy atom. The van der Waals surface area contributed by atoms with Crippen molar-refractivity contribution in [3.63, 3.8) is 0 Å². The Bertz CT molecular complexity index is 392. The molecular weight excluding hydrogens is 156 g/mol. The molecule has 1 aromatic heterocycles. The Balaban J connectivity index is 2.96. The molecule has 0 unspecified atom stereocenters. The van der Waals surface area contributed by atoms with Crippen LogP contribution in [-0.2, 0) is 0 Å². The van der Waals surface area contributed by atoms with E-state index in [1.165, 1.54) is 12.3 Å². The Hall–Kier alpha value is -1.84. The molecule has 0 spiro atoms. The first-order chi connectivity index (χ1) is 5.79. The van der Waals surface area contributed by atoms with E-state index in [2.05, 4.69) is 4.98 Å². The second-order valence-corrected chi connectivity index (χ2v) is 2.43. The van der Waals surface area contributed by atoms with E-state index in [-0.39, 0.29) is 11.3 Å². The molecule has 0 aliphatic carbocycles. The monoisotopic (exact) mass is 162 g/mol. The summed E-state index contributed by atoms with van der Waals surface area (Å²) in [6.45, 7) is 0. The van der Waals surface area contributed by atoms with Crippen LogP contribution < -0.4 is 4.73 Å². The van der Waals surface area contributed by atoms with Gasteiger partial charge in [-0.3, -0.25) is 0 Å². The summed E-state index contributed by atoms with van der Waals surface area (Å²) < 4.78 is 0.546. The van der Waals surface area contributed by atoms with Gasteiger partial charge >= 0.3 is 0 Å². The van der Waals surface area contributed by atoms with Gasteiger partial charge in [-0.15, -0.1) is 0 Å². The summed E-state index contributed by atoms with van der Waals surface area (Å²) in [5.74, 6) is -0.0232. The molecule has 0 aliphatic rings. The highest BCUT2D eigenvalue weighted by molar-refractivity contribution is 5.80. The molecule has 0 saturated carbocycles. The van der Waals surface area contributed by atoms with E-state index in [0.29, 0.717) is 10.1 Å². The molecule has 0 atom stereocenters. The fourth-order valence-electron chi connectivity index (χ4n) is 1.12. The van der Waals surface area contributed by atoms with E-state index in [1.54, 1.807) is 12.1 Å². The van der Waals surface area contributed by atoms with Crippen LogP contribution in [0.15, 0.2) is 30.7 Å². The SMILES string of the molecule is [O-][n+]1cncc2cccc(O)c21. The highest BCUT2D eigenvalue weighted by Gasteiger charge is 2.04. The van der Waals surface area contributed by atoms with E-state index in [9.17, 15) is 10.3 Å². The lowest BCUT2D eigenvalue weighted by atomic mass is 10.2. The number of aromatic nitrogens is 2. The van der Waals surface area contributed by atoms with Crippen LogP contribution in [-0.4, -0.2) is 10.1 Å². The second-order valence-electron chi connectivity index (χ2n) is 2.43. The molecule has 2 rings (SSSR count). The molecule has 4 heteroatoms. The second kappa shape index (κ2) is 2.34. The summed E-state index contributed by atoms with van der Waals surface area (Å²) >= 11 is 0. The van der Waals surface area contributed by atoms with Gasteiger partial charge in [0.2, 0.25) is 0 Å². The van der Waals surface area contributed by atoms with Gasteiger partial charge in [0.1, 0.15) is 0 Å². The Kier molecular flexibility index (Phi) is 1.33. The van der Waals surface area contributed by atoms with Crippen molar-refractivity contribution in [1.82, 2.24) is 4.98 Å². The molecule has 0 bridgehead atoms. The number of aromatic hydroxyl groups is 1. The molecule has 0 aliphatic heterocycles. The molecule has 4 nitrogen and oxygen atoms in total. The lowest BCUT2D eigenvalue weighted by molar-refractivity contribution is -0.580. The molecule has 0 saturated heterocycles. The maximum absolute atomic E-state index is 11.1. The summed E-state index contributed by atoms with van der Waals surface area (Å²) in [7, 11) is 0. The van der Waals surface area contributed by atoms with Crippen LogP contribution in [0.1, 0.15) is 0 Å². The predicted octanol–water partition coefficient (Wildman–Crippen LogP) is 0.574. The molecule has 0 radical (unpaired) electrons. The smallest absolute Gasteiger partial charge is 0.289 e. The van der Waals surface area contributed by atoms with Crippen LogP contribution in [0.25, 0.3) is 10.9 Å². The molecule has 12 heavy (non-hydrogen) atoms. The number of para-hydroxylation sites is 1. The van der Waals surface area contributed by atoms with Crippen LogP contribution in [0.5, 0.6) is 5.75 Å². The first-order valence-electron chi connectivity index (χ1n) is 3.44. The highest BCUT2D eigenvalue weighted by Crippen LogP contribution is 2.18. The van der Waals surface area contributed by atoms with Crippen molar-refractivity contribution in [2.24, 2.45) is 0 Å². The van der Waals surface area contributed by atoms with Gasteiger partial charge in [-0.25, -0.2) is 4.73 Å². The number of phenols is 1. The quantitative estimate of drug-likeness (QED) is 0.455. The maximum Gasteiger partial charge on any atom is 0.289 e. The van der Waals surface area contributed by atoms with Crippen molar-refractivity contribution in [1.29, 1.82) is 0 Å². The first-order valence-corrected chi connectivity index (χ1v) is 3.44. The number of phenolic OH excluding ortho intramolecular Hbond substituents is 1. The van der Waals surface area contributed by atoms with Crippen LogP contribution in [0.4, 0.5) is 0 Å². The third kappa shape index (κ3) is 0.852. The number of rotatable bonds is 0. The lowest BCUT2D eigenvalue weighted by Gasteiger charge is -2.04. The summed E-state index contributed by atoms with van der Waals surface area (Å²) in [5, 5.41) is 21.0. The topological polar surface area (TPSA) is 60.1 Å². The fraction of sp³-hybridized carbons (Fsp3) is 0. The molecule has 1 heterocycles. The molecule has 2 aromatic rings. The van der Waals surface area contributed by atoms with Crippen LogP contribution >= 0.6 is 0 Å². The van der Waals surface area contributed by atoms with Crippen molar-refractivity contribution >= 4 is 10.9 Å². The molecule has 0 amide bonds. The van der Waals surface area contributed by atoms with Crippen molar-refractivity contribution < 1.29 is 9.84 Å². The van der Waals surface area contributed by atoms with Gasteiger partial charge in [-0.1, -0.05) is 11.1 Å². The van der Waals surface area contributed by atoms with E-state index in [4.69, 9.17) is 0 Å². The Morgan fingerprint density at radius 3 is 3.00 bits per heavy atom. The highest BCUT2D eigenvalue weighted by atomic mass is 16.5. The zero-order valence-corrected chi connectivity index (χ0v) is 6.14. The van der Waals surface area contributed by atoms with Crippen LogP contribution in [0.2, 0.25) is 0 Å². The number of fused-ring (bicyclic) bond motifs is 1. The zero-order valence-electron chi connectivity index (χ0n) is 6.14. The summed E-state index contributed by atoms with van der Waals surface area (Å²) in [5.41, 5.74) is 0.257. The van der Waals surface area contributed by atoms with E-state index in [1.807, 2.05) is 0 Å². The molecule has 60 valence electrons. The van der Waals surface area contributed by atoms with Crippen molar-refractivity contribution in [2.45, 2.75) is 0 Å². The molecule has 1 aromatic carbocycles. The van der Waals surface area contributed by atoms with Gasteiger partial charge in [0.15, 0.2) is 17.5 Å². The van der Waals surface area contributed by atoms with Crippen LogP contribution in [0, 0.1) is 5.21 Å². The van der Waals surface area contributed by atoms with E-state index < -0.39 is 0 Å². The van der Waals surface area contributed by atoms with E-state index in [0.717, 1.165) is 6.33 Å².